The molecule has 1 rings (SSSR count). The third kappa shape index (κ3) is 4.40. The molecule has 0 N–H and O–H groups in total. The fourth-order valence-electron chi connectivity index (χ4n) is 1.82. The molecular formula is C20H22. The lowest BCUT2D eigenvalue weighted by Crippen LogP contribution is -1.84. The van der Waals surface area contributed by atoms with Crippen molar-refractivity contribution < 1.29 is 0 Å². The highest BCUT2D eigenvalue weighted by Crippen LogP contribution is 2.21. The Morgan fingerprint density at radius 1 is 0.750 bits per heavy atom. The molecule has 0 nitrogen and oxygen atoms in total. The van der Waals surface area contributed by atoms with Gasteiger partial charge in [-0.25, -0.2) is 0 Å². The molecule has 0 spiro atoms. The first-order valence-electron chi connectivity index (χ1n) is 6.78. The van der Waals surface area contributed by atoms with Crippen molar-refractivity contribution >= 4 is 11.1 Å². The minimum Gasteiger partial charge on any atom is -0.0984 e. The van der Waals surface area contributed by atoms with Crippen LogP contribution in [-0.2, 0) is 0 Å². The highest BCUT2D eigenvalue weighted by Gasteiger charge is 1.99. The Hall–Kier alpha value is -2.34. The third-order valence-electron chi connectivity index (χ3n) is 2.93. The maximum atomic E-state index is 3.87. The zero-order valence-electron chi connectivity index (χ0n) is 12.3. The molecule has 0 heterocycles. The van der Waals surface area contributed by atoms with Crippen LogP contribution in [0.5, 0.6) is 0 Å². The molecule has 0 saturated heterocycles. The second kappa shape index (κ2) is 8.71. The zero-order valence-corrected chi connectivity index (χ0v) is 12.3. The minimum absolute atomic E-state index is 1.12. The molecule has 20 heavy (non-hydrogen) atoms. The standard InChI is InChI=1S/C20H22/c1-5-9-11-17(7-3)19-13-15-20(16-14-19)18(8-4)12-10-6-2/h5-16H,3-4H2,1-2H3/b9-5-,10-6-,17-11+,18-12+. The highest BCUT2D eigenvalue weighted by atomic mass is 14.0. The van der Waals surface area contributed by atoms with Crippen LogP contribution in [-0.4, -0.2) is 0 Å². The topological polar surface area (TPSA) is 0 Å². The predicted molar refractivity (Wildman–Crippen MR) is 92.4 cm³/mol. The summed E-state index contributed by atoms with van der Waals surface area (Å²) in [5, 5.41) is 0. The van der Waals surface area contributed by atoms with E-state index in [2.05, 4.69) is 49.6 Å². The Morgan fingerprint density at radius 3 is 1.35 bits per heavy atom. The van der Waals surface area contributed by atoms with E-state index in [-0.39, 0.29) is 0 Å². The molecule has 102 valence electrons. The minimum atomic E-state index is 1.12. The first-order chi connectivity index (χ1) is 9.76. The van der Waals surface area contributed by atoms with Crippen LogP contribution in [0.15, 0.2) is 86.0 Å². The molecule has 0 heteroatoms. The Balaban J connectivity index is 3.09. The van der Waals surface area contributed by atoms with Gasteiger partial charge in [-0.05, 0) is 36.1 Å². The largest absolute Gasteiger partial charge is 0.0984 e. The fourth-order valence-corrected chi connectivity index (χ4v) is 1.82. The fraction of sp³-hybridized carbons (Fsp3) is 0.100. The molecule has 1 aromatic carbocycles. The van der Waals surface area contributed by atoms with Crippen molar-refractivity contribution in [2.24, 2.45) is 0 Å². The van der Waals surface area contributed by atoms with Crippen LogP contribution in [0.3, 0.4) is 0 Å². The maximum absolute atomic E-state index is 3.87. The summed E-state index contributed by atoms with van der Waals surface area (Å²) in [6, 6.07) is 8.44. The number of benzene rings is 1. The molecule has 0 amide bonds. The van der Waals surface area contributed by atoms with Gasteiger partial charge in [-0.15, -0.1) is 0 Å². The molecular weight excluding hydrogens is 240 g/mol. The third-order valence-corrected chi connectivity index (χ3v) is 2.93. The molecule has 0 atom stereocenters. The second-order valence-corrected chi connectivity index (χ2v) is 4.28. The predicted octanol–water partition coefficient (Wildman–Crippen LogP) is 5.98. The summed E-state index contributed by atoms with van der Waals surface area (Å²) in [7, 11) is 0. The number of hydrogen-bond donors (Lipinski definition) is 0. The highest BCUT2D eigenvalue weighted by molar-refractivity contribution is 5.78. The van der Waals surface area contributed by atoms with Crippen molar-refractivity contribution in [1.82, 2.24) is 0 Å². The molecule has 0 aliphatic rings. The van der Waals surface area contributed by atoms with Gasteiger partial charge in [0.25, 0.3) is 0 Å². The average molecular weight is 262 g/mol. The van der Waals surface area contributed by atoms with E-state index in [4.69, 9.17) is 0 Å². The van der Waals surface area contributed by atoms with Crippen LogP contribution < -0.4 is 0 Å². The second-order valence-electron chi connectivity index (χ2n) is 4.28. The van der Waals surface area contributed by atoms with Crippen LogP contribution in [0.4, 0.5) is 0 Å². The Morgan fingerprint density at radius 2 is 1.10 bits per heavy atom. The van der Waals surface area contributed by atoms with Crippen LogP contribution in [0.25, 0.3) is 11.1 Å². The van der Waals surface area contributed by atoms with Gasteiger partial charge in [-0.3, -0.25) is 0 Å². The van der Waals surface area contributed by atoms with Gasteiger partial charge in [0.1, 0.15) is 0 Å². The van der Waals surface area contributed by atoms with Gasteiger partial charge in [-0.2, -0.15) is 0 Å². The number of allylic oxidation sites excluding steroid dienone is 10. The summed E-state index contributed by atoms with van der Waals surface area (Å²) in [5.74, 6) is 0. The van der Waals surface area contributed by atoms with Gasteiger partial charge in [-0.1, -0.05) is 86.0 Å². The van der Waals surface area contributed by atoms with E-state index in [1.807, 2.05) is 50.3 Å². The molecule has 0 unspecified atom stereocenters. The van der Waals surface area contributed by atoms with Gasteiger partial charge in [0, 0.05) is 0 Å². The van der Waals surface area contributed by atoms with Crippen molar-refractivity contribution in [3.63, 3.8) is 0 Å². The summed E-state index contributed by atoms with van der Waals surface area (Å²) < 4.78 is 0. The molecule has 0 fully saturated rings. The quantitative estimate of drug-likeness (QED) is 0.553. The van der Waals surface area contributed by atoms with E-state index in [0.29, 0.717) is 0 Å². The van der Waals surface area contributed by atoms with Crippen molar-refractivity contribution in [1.29, 1.82) is 0 Å². The summed E-state index contributed by atoms with van der Waals surface area (Å²) >= 11 is 0. The maximum Gasteiger partial charge on any atom is -0.0184 e. The molecule has 0 radical (unpaired) electrons. The molecule has 0 bridgehead atoms. The summed E-state index contributed by atoms with van der Waals surface area (Å²) in [5.41, 5.74) is 4.56. The summed E-state index contributed by atoms with van der Waals surface area (Å²) in [6.07, 6.45) is 15.9. The van der Waals surface area contributed by atoms with Crippen LogP contribution in [0, 0.1) is 0 Å². The van der Waals surface area contributed by atoms with E-state index >= 15 is 0 Å². The van der Waals surface area contributed by atoms with Crippen LogP contribution in [0.2, 0.25) is 0 Å². The lowest BCUT2D eigenvalue weighted by Gasteiger charge is -2.05. The summed E-state index contributed by atoms with van der Waals surface area (Å²) in [4.78, 5) is 0. The SMILES string of the molecule is C=C/C(=C\C=C/C)c1ccc(/C(C=C)=C/C=C\C)cc1. The number of hydrogen-bond acceptors (Lipinski definition) is 0. The molecule has 0 saturated carbocycles. The Labute approximate surface area is 122 Å². The van der Waals surface area contributed by atoms with E-state index in [9.17, 15) is 0 Å². The van der Waals surface area contributed by atoms with Gasteiger partial charge < -0.3 is 0 Å². The van der Waals surface area contributed by atoms with E-state index in [1.54, 1.807) is 0 Å². The van der Waals surface area contributed by atoms with Crippen molar-refractivity contribution in [2.45, 2.75) is 13.8 Å². The molecule has 0 aromatic heterocycles. The molecule has 0 aliphatic heterocycles. The van der Waals surface area contributed by atoms with Gasteiger partial charge in [0.15, 0.2) is 0 Å². The van der Waals surface area contributed by atoms with Gasteiger partial charge >= 0.3 is 0 Å². The lowest BCUT2D eigenvalue weighted by atomic mass is 9.99. The molecule has 1 aromatic rings. The van der Waals surface area contributed by atoms with Crippen molar-refractivity contribution in [2.75, 3.05) is 0 Å². The zero-order chi connectivity index (χ0) is 14.8. The Kier molecular flexibility index (Phi) is 6.84. The Bertz CT molecular complexity index is 508. The van der Waals surface area contributed by atoms with E-state index in [0.717, 1.165) is 22.3 Å². The smallest absolute Gasteiger partial charge is 0.0184 e. The van der Waals surface area contributed by atoms with Crippen LogP contribution >= 0.6 is 0 Å². The van der Waals surface area contributed by atoms with E-state index in [1.165, 1.54) is 0 Å². The normalized spacial score (nSPS) is 13.1. The average Bonchev–Trinajstić information content (AvgIpc) is 2.50. The summed E-state index contributed by atoms with van der Waals surface area (Å²) in [6.45, 7) is 11.7. The van der Waals surface area contributed by atoms with Gasteiger partial charge in [0.2, 0.25) is 0 Å². The first-order valence-corrected chi connectivity index (χ1v) is 6.78. The van der Waals surface area contributed by atoms with Crippen LogP contribution in [0.1, 0.15) is 25.0 Å². The first kappa shape index (κ1) is 15.7. The van der Waals surface area contributed by atoms with Crippen molar-refractivity contribution in [3.8, 4) is 0 Å². The van der Waals surface area contributed by atoms with E-state index < -0.39 is 0 Å². The monoisotopic (exact) mass is 262 g/mol. The lowest BCUT2D eigenvalue weighted by molar-refractivity contribution is 1.56. The van der Waals surface area contributed by atoms with Gasteiger partial charge in [0.05, 0.1) is 0 Å². The number of rotatable bonds is 6. The molecule has 0 aliphatic carbocycles. The van der Waals surface area contributed by atoms with Crippen molar-refractivity contribution in [3.05, 3.63) is 97.2 Å².